The lowest BCUT2D eigenvalue weighted by atomic mass is 9.92. The van der Waals surface area contributed by atoms with E-state index in [1.54, 1.807) is 12.5 Å². The van der Waals surface area contributed by atoms with Crippen LogP contribution in [0.25, 0.3) is 0 Å². The molecule has 7 nitrogen and oxygen atoms in total. The van der Waals surface area contributed by atoms with E-state index in [1.165, 1.54) is 0 Å². The van der Waals surface area contributed by atoms with Crippen molar-refractivity contribution in [2.75, 3.05) is 6.61 Å². The summed E-state index contributed by atoms with van der Waals surface area (Å²) in [5, 5.41) is 8.37. The number of hydrogen-bond acceptors (Lipinski definition) is 6. The van der Waals surface area contributed by atoms with Gasteiger partial charge in [-0.15, -0.1) is 0 Å². The number of aromatic nitrogens is 4. The van der Waals surface area contributed by atoms with Crippen LogP contribution in [0.2, 0.25) is 0 Å². The standard InChI is InChI=1S/C17H20N4O3/c1-21-14(8-9-18-21)16-13(5-3-11-23-16)17-19-15(20-24-17)7-6-12-4-2-10-22-12/h2,4,8-10,13,16H,3,5-7,11H2,1H3/t13-,16-/m1/s1. The molecule has 0 amide bonds. The summed E-state index contributed by atoms with van der Waals surface area (Å²) in [5.74, 6) is 2.35. The molecule has 24 heavy (non-hydrogen) atoms. The first-order valence-electron chi connectivity index (χ1n) is 8.25. The molecule has 7 heteroatoms. The normalized spacial score (nSPS) is 21.2. The van der Waals surface area contributed by atoms with Crippen LogP contribution in [0.1, 0.15) is 48.0 Å². The highest BCUT2D eigenvalue weighted by molar-refractivity contribution is 5.13. The molecule has 0 spiro atoms. The zero-order chi connectivity index (χ0) is 16.4. The fourth-order valence-corrected chi connectivity index (χ4v) is 3.20. The molecule has 1 fully saturated rings. The molecule has 1 saturated heterocycles. The van der Waals surface area contributed by atoms with E-state index >= 15 is 0 Å². The topological polar surface area (TPSA) is 79.1 Å². The predicted octanol–water partition coefficient (Wildman–Crippen LogP) is 2.82. The summed E-state index contributed by atoms with van der Waals surface area (Å²) in [6, 6.07) is 5.82. The number of rotatable bonds is 5. The second-order valence-corrected chi connectivity index (χ2v) is 6.05. The smallest absolute Gasteiger partial charge is 0.232 e. The molecule has 0 radical (unpaired) electrons. The van der Waals surface area contributed by atoms with Crippen LogP contribution in [-0.2, 0) is 24.6 Å². The monoisotopic (exact) mass is 328 g/mol. The second-order valence-electron chi connectivity index (χ2n) is 6.05. The Labute approximate surface area is 139 Å². The fourth-order valence-electron chi connectivity index (χ4n) is 3.20. The molecule has 1 aliphatic rings. The summed E-state index contributed by atoms with van der Waals surface area (Å²) in [6.45, 7) is 0.742. The summed E-state index contributed by atoms with van der Waals surface area (Å²) in [6.07, 6.45) is 6.78. The van der Waals surface area contributed by atoms with E-state index in [9.17, 15) is 0 Å². The van der Waals surface area contributed by atoms with Crippen molar-refractivity contribution in [2.24, 2.45) is 7.05 Å². The summed E-state index contributed by atoms with van der Waals surface area (Å²) in [5.41, 5.74) is 1.04. The average molecular weight is 328 g/mol. The number of ether oxygens (including phenoxy) is 1. The van der Waals surface area contributed by atoms with Crippen LogP contribution in [0.15, 0.2) is 39.6 Å². The van der Waals surface area contributed by atoms with Gasteiger partial charge in [0.2, 0.25) is 5.89 Å². The molecular weight excluding hydrogens is 308 g/mol. The van der Waals surface area contributed by atoms with Crippen LogP contribution in [0, 0.1) is 0 Å². The Morgan fingerprint density at radius 1 is 1.29 bits per heavy atom. The Balaban J connectivity index is 1.50. The lowest BCUT2D eigenvalue weighted by Crippen LogP contribution is -2.23. The Kier molecular flexibility index (Phi) is 4.17. The molecule has 0 aliphatic carbocycles. The number of aryl methyl sites for hydroxylation is 3. The first-order valence-corrected chi connectivity index (χ1v) is 8.25. The van der Waals surface area contributed by atoms with E-state index in [0.29, 0.717) is 18.1 Å². The van der Waals surface area contributed by atoms with Crippen LogP contribution < -0.4 is 0 Å². The minimum Gasteiger partial charge on any atom is -0.469 e. The van der Waals surface area contributed by atoms with E-state index in [4.69, 9.17) is 13.7 Å². The van der Waals surface area contributed by atoms with Crippen LogP contribution in [0.5, 0.6) is 0 Å². The lowest BCUT2D eigenvalue weighted by molar-refractivity contribution is -0.0148. The Morgan fingerprint density at radius 2 is 2.25 bits per heavy atom. The Bertz CT molecular complexity index is 777. The Morgan fingerprint density at radius 3 is 3.04 bits per heavy atom. The zero-order valence-corrected chi connectivity index (χ0v) is 13.6. The molecule has 4 heterocycles. The van der Waals surface area contributed by atoms with Crippen molar-refractivity contribution in [3.63, 3.8) is 0 Å². The predicted molar refractivity (Wildman–Crippen MR) is 84.3 cm³/mol. The van der Waals surface area contributed by atoms with Crippen molar-refractivity contribution in [3.05, 3.63) is 53.8 Å². The molecule has 126 valence electrons. The molecule has 3 aromatic heterocycles. The first kappa shape index (κ1) is 15.1. The van der Waals surface area contributed by atoms with Crippen LogP contribution >= 0.6 is 0 Å². The fraction of sp³-hybridized carbons (Fsp3) is 0.471. The van der Waals surface area contributed by atoms with Gasteiger partial charge in [0.25, 0.3) is 0 Å². The summed E-state index contributed by atoms with van der Waals surface area (Å²) in [7, 11) is 1.92. The molecular formula is C17H20N4O3. The van der Waals surface area contributed by atoms with Gasteiger partial charge >= 0.3 is 0 Å². The van der Waals surface area contributed by atoms with Crippen molar-refractivity contribution in [1.82, 2.24) is 19.9 Å². The summed E-state index contributed by atoms with van der Waals surface area (Å²) < 4.78 is 18.7. The van der Waals surface area contributed by atoms with Crippen LogP contribution in [0.3, 0.4) is 0 Å². The van der Waals surface area contributed by atoms with Crippen molar-refractivity contribution >= 4 is 0 Å². The van der Waals surface area contributed by atoms with Crippen molar-refractivity contribution < 1.29 is 13.7 Å². The molecule has 4 rings (SSSR count). The average Bonchev–Trinajstić information content (AvgIpc) is 3.35. The molecule has 2 atom stereocenters. The third-order valence-corrected chi connectivity index (χ3v) is 4.45. The lowest BCUT2D eigenvalue weighted by Gasteiger charge is -2.29. The van der Waals surface area contributed by atoms with Crippen molar-refractivity contribution in [2.45, 2.75) is 37.7 Å². The van der Waals surface area contributed by atoms with Gasteiger partial charge in [-0.1, -0.05) is 5.16 Å². The minimum absolute atomic E-state index is 0.0685. The van der Waals surface area contributed by atoms with Gasteiger partial charge < -0.3 is 13.7 Å². The first-order chi connectivity index (χ1) is 11.8. The zero-order valence-electron chi connectivity index (χ0n) is 13.6. The van der Waals surface area contributed by atoms with Crippen molar-refractivity contribution in [1.29, 1.82) is 0 Å². The van der Waals surface area contributed by atoms with Gasteiger partial charge in [-0.2, -0.15) is 10.1 Å². The van der Waals surface area contributed by atoms with Crippen molar-refractivity contribution in [3.8, 4) is 0 Å². The molecule has 0 bridgehead atoms. The summed E-state index contributed by atoms with van der Waals surface area (Å²) in [4.78, 5) is 4.59. The Hall–Kier alpha value is -2.41. The number of nitrogens with zero attached hydrogens (tertiary/aromatic N) is 4. The highest BCUT2D eigenvalue weighted by atomic mass is 16.5. The minimum atomic E-state index is -0.0929. The van der Waals surface area contributed by atoms with Gasteiger partial charge in [-0.25, -0.2) is 0 Å². The molecule has 0 saturated carbocycles. The van der Waals surface area contributed by atoms with Gasteiger partial charge in [0.1, 0.15) is 11.9 Å². The maximum atomic E-state index is 5.99. The number of furan rings is 1. The van der Waals surface area contributed by atoms with E-state index < -0.39 is 0 Å². The van der Waals surface area contributed by atoms with Gasteiger partial charge in [-0.05, 0) is 31.0 Å². The van der Waals surface area contributed by atoms with Gasteiger partial charge in [0.15, 0.2) is 5.82 Å². The SMILES string of the molecule is Cn1nccc1[C@@H]1OCCC[C@H]1c1nc(CCc2ccco2)no1. The second kappa shape index (κ2) is 6.60. The molecule has 3 aromatic rings. The maximum absolute atomic E-state index is 5.99. The molecule has 1 aliphatic heterocycles. The van der Waals surface area contributed by atoms with Crippen LogP contribution in [0.4, 0.5) is 0 Å². The van der Waals surface area contributed by atoms with Crippen LogP contribution in [-0.4, -0.2) is 26.5 Å². The highest BCUT2D eigenvalue weighted by Crippen LogP contribution is 2.39. The van der Waals surface area contributed by atoms with E-state index in [-0.39, 0.29) is 12.0 Å². The van der Waals surface area contributed by atoms with E-state index in [0.717, 1.165) is 37.3 Å². The van der Waals surface area contributed by atoms with E-state index in [2.05, 4.69) is 15.2 Å². The van der Waals surface area contributed by atoms with E-state index in [1.807, 2.05) is 29.9 Å². The highest BCUT2D eigenvalue weighted by Gasteiger charge is 2.34. The van der Waals surface area contributed by atoms with Gasteiger partial charge in [0.05, 0.1) is 17.9 Å². The third kappa shape index (κ3) is 2.99. The largest absolute Gasteiger partial charge is 0.469 e. The maximum Gasteiger partial charge on any atom is 0.232 e. The van der Waals surface area contributed by atoms with Gasteiger partial charge in [0, 0.05) is 32.7 Å². The molecule has 0 unspecified atom stereocenters. The quantitative estimate of drug-likeness (QED) is 0.716. The van der Waals surface area contributed by atoms with Gasteiger partial charge in [-0.3, -0.25) is 4.68 Å². The third-order valence-electron chi connectivity index (χ3n) is 4.45. The molecule has 0 aromatic carbocycles. The molecule has 0 N–H and O–H groups in total. The summed E-state index contributed by atoms with van der Waals surface area (Å²) >= 11 is 0. The number of hydrogen-bond donors (Lipinski definition) is 0.